The summed E-state index contributed by atoms with van der Waals surface area (Å²) >= 11 is 0. The van der Waals surface area contributed by atoms with Crippen molar-refractivity contribution in [1.29, 1.82) is 0 Å². The Hall–Kier alpha value is -1.27. The fraction of sp³-hybridized carbons (Fsp3) is 0.167. The largest absolute Gasteiger partial charge is 0.492 e. The summed E-state index contributed by atoms with van der Waals surface area (Å²) in [5.41, 5.74) is 0.00171. The highest BCUT2D eigenvalue weighted by molar-refractivity contribution is 6.60. The highest BCUT2D eigenvalue weighted by atomic mass is 16.5. The lowest BCUT2D eigenvalue weighted by Gasteiger charge is -1.97. The molecular formula is C6H7BO5. The van der Waals surface area contributed by atoms with Gasteiger partial charge < -0.3 is 19.2 Å². The van der Waals surface area contributed by atoms with Gasteiger partial charge in [-0.05, 0) is 6.07 Å². The molecule has 0 aliphatic carbocycles. The van der Waals surface area contributed by atoms with Gasteiger partial charge >= 0.3 is 13.1 Å². The van der Waals surface area contributed by atoms with Crippen LogP contribution in [0, 0.1) is 0 Å². The molecule has 0 aliphatic heterocycles. The van der Waals surface area contributed by atoms with Crippen LogP contribution in [-0.2, 0) is 4.74 Å². The van der Waals surface area contributed by atoms with E-state index in [1.807, 2.05) is 0 Å². The van der Waals surface area contributed by atoms with Gasteiger partial charge in [0, 0.05) is 5.46 Å². The van der Waals surface area contributed by atoms with Crippen molar-refractivity contribution in [3.8, 4) is 0 Å². The molecule has 0 fully saturated rings. The molecule has 0 saturated heterocycles. The van der Waals surface area contributed by atoms with E-state index < -0.39 is 13.1 Å². The highest BCUT2D eigenvalue weighted by Crippen LogP contribution is 1.99. The van der Waals surface area contributed by atoms with Crippen molar-refractivity contribution in [1.82, 2.24) is 0 Å². The summed E-state index contributed by atoms with van der Waals surface area (Å²) in [7, 11) is -0.545. The van der Waals surface area contributed by atoms with E-state index in [2.05, 4.69) is 9.15 Å². The molecule has 0 bridgehead atoms. The highest BCUT2D eigenvalue weighted by Gasteiger charge is 2.24. The van der Waals surface area contributed by atoms with Gasteiger partial charge in [0.15, 0.2) is 0 Å². The Bertz CT molecular complexity index is 279. The van der Waals surface area contributed by atoms with Crippen LogP contribution in [0.1, 0.15) is 10.6 Å². The molecule has 0 unspecified atom stereocenters. The summed E-state index contributed by atoms with van der Waals surface area (Å²) in [6.07, 6.45) is 1.18. The van der Waals surface area contributed by atoms with E-state index in [0.29, 0.717) is 0 Å². The SMILES string of the molecule is COC(=O)c1occc1B(O)O. The zero-order valence-corrected chi connectivity index (χ0v) is 6.35. The summed E-state index contributed by atoms with van der Waals surface area (Å²) in [6, 6.07) is 1.29. The molecule has 2 N–H and O–H groups in total. The summed E-state index contributed by atoms with van der Waals surface area (Å²) in [4.78, 5) is 10.9. The molecule has 1 aromatic rings. The van der Waals surface area contributed by atoms with Crippen molar-refractivity contribution in [2.45, 2.75) is 0 Å². The first-order chi connectivity index (χ1) is 5.66. The normalized spacial score (nSPS) is 9.58. The molecule has 0 radical (unpaired) electrons. The van der Waals surface area contributed by atoms with Crippen molar-refractivity contribution in [3.05, 3.63) is 18.1 Å². The molecule has 12 heavy (non-hydrogen) atoms. The number of rotatable bonds is 2. The smallest absolute Gasteiger partial charge is 0.463 e. The molecule has 5 nitrogen and oxygen atoms in total. The van der Waals surface area contributed by atoms with Crippen molar-refractivity contribution in [3.63, 3.8) is 0 Å². The number of methoxy groups -OCH3 is 1. The zero-order chi connectivity index (χ0) is 9.14. The molecule has 0 aliphatic rings. The molecule has 1 heterocycles. The molecule has 0 aromatic carbocycles. The maximum Gasteiger partial charge on any atom is 0.492 e. The quantitative estimate of drug-likeness (QED) is 0.428. The van der Waals surface area contributed by atoms with E-state index >= 15 is 0 Å². The maximum absolute atomic E-state index is 10.9. The van der Waals surface area contributed by atoms with Crippen LogP contribution in [-0.4, -0.2) is 30.2 Å². The Morgan fingerprint density at radius 1 is 1.67 bits per heavy atom. The van der Waals surface area contributed by atoms with Crippen molar-refractivity contribution in [2.75, 3.05) is 7.11 Å². The molecular weight excluding hydrogens is 163 g/mol. The van der Waals surface area contributed by atoms with E-state index in [4.69, 9.17) is 10.0 Å². The number of hydrogen-bond acceptors (Lipinski definition) is 5. The second kappa shape index (κ2) is 3.42. The van der Waals surface area contributed by atoms with Gasteiger partial charge in [-0.25, -0.2) is 4.79 Å². The van der Waals surface area contributed by atoms with Crippen LogP contribution in [0.2, 0.25) is 0 Å². The third-order valence-corrected chi connectivity index (χ3v) is 1.34. The molecule has 0 atom stereocenters. The van der Waals surface area contributed by atoms with Crippen LogP contribution >= 0.6 is 0 Å². The van der Waals surface area contributed by atoms with Crippen LogP contribution in [0.25, 0.3) is 0 Å². The molecule has 0 spiro atoms. The van der Waals surface area contributed by atoms with E-state index in [1.165, 1.54) is 19.4 Å². The van der Waals surface area contributed by atoms with Gasteiger partial charge in [0.05, 0.1) is 13.4 Å². The number of carbonyl (C=O) groups is 1. The fourth-order valence-corrected chi connectivity index (χ4v) is 0.781. The number of carbonyl (C=O) groups excluding carboxylic acids is 1. The van der Waals surface area contributed by atoms with Crippen LogP contribution < -0.4 is 5.46 Å². The lowest BCUT2D eigenvalue weighted by Crippen LogP contribution is -2.33. The monoisotopic (exact) mass is 170 g/mol. The Morgan fingerprint density at radius 2 is 2.33 bits per heavy atom. The van der Waals surface area contributed by atoms with Crippen molar-refractivity contribution < 1.29 is 24.0 Å². The zero-order valence-electron chi connectivity index (χ0n) is 6.35. The fourth-order valence-electron chi connectivity index (χ4n) is 0.781. The van der Waals surface area contributed by atoms with E-state index in [9.17, 15) is 4.79 Å². The number of hydrogen-bond donors (Lipinski definition) is 2. The minimum Gasteiger partial charge on any atom is -0.463 e. The van der Waals surface area contributed by atoms with E-state index in [1.54, 1.807) is 0 Å². The summed E-state index contributed by atoms with van der Waals surface area (Å²) in [6.45, 7) is 0. The molecule has 1 aromatic heterocycles. The predicted octanol–water partition coefficient (Wildman–Crippen LogP) is -1.25. The molecule has 6 heteroatoms. The average molecular weight is 170 g/mol. The summed E-state index contributed by atoms with van der Waals surface area (Å²) in [5, 5.41) is 17.5. The first-order valence-corrected chi connectivity index (χ1v) is 3.18. The molecule has 0 saturated carbocycles. The number of furan rings is 1. The number of ether oxygens (including phenoxy) is 1. The Labute approximate surface area is 68.7 Å². The third kappa shape index (κ3) is 1.49. The van der Waals surface area contributed by atoms with Gasteiger partial charge in [0.2, 0.25) is 5.76 Å². The minimum absolute atomic E-state index is 0.00171. The van der Waals surface area contributed by atoms with Gasteiger partial charge in [0.25, 0.3) is 0 Å². The van der Waals surface area contributed by atoms with Gasteiger partial charge in [-0.15, -0.1) is 0 Å². The second-order valence-corrected chi connectivity index (χ2v) is 2.07. The second-order valence-electron chi connectivity index (χ2n) is 2.07. The first-order valence-electron chi connectivity index (χ1n) is 3.18. The van der Waals surface area contributed by atoms with Gasteiger partial charge in [-0.2, -0.15) is 0 Å². The van der Waals surface area contributed by atoms with Gasteiger partial charge in [0.1, 0.15) is 0 Å². The number of esters is 1. The maximum atomic E-state index is 10.9. The van der Waals surface area contributed by atoms with Gasteiger partial charge in [-0.1, -0.05) is 0 Å². The molecule has 0 amide bonds. The van der Waals surface area contributed by atoms with E-state index in [-0.39, 0.29) is 11.2 Å². The summed E-state index contributed by atoms with van der Waals surface area (Å²) < 4.78 is 9.01. The summed E-state index contributed by atoms with van der Waals surface area (Å²) in [5.74, 6) is -0.921. The van der Waals surface area contributed by atoms with Crippen LogP contribution in [0.5, 0.6) is 0 Å². The molecule has 1 rings (SSSR count). The topological polar surface area (TPSA) is 79.9 Å². The first kappa shape index (κ1) is 8.83. The Morgan fingerprint density at radius 3 is 2.83 bits per heavy atom. The van der Waals surface area contributed by atoms with E-state index in [0.717, 1.165) is 0 Å². The van der Waals surface area contributed by atoms with Crippen molar-refractivity contribution in [2.24, 2.45) is 0 Å². The lowest BCUT2D eigenvalue weighted by atomic mass is 9.80. The van der Waals surface area contributed by atoms with Crippen LogP contribution in [0.4, 0.5) is 0 Å². The van der Waals surface area contributed by atoms with Gasteiger partial charge in [-0.3, -0.25) is 0 Å². The van der Waals surface area contributed by atoms with Crippen LogP contribution in [0.3, 0.4) is 0 Å². The standard InChI is InChI=1S/C6H7BO5/c1-11-6(8)5-4(7(9)10)2-3-12-5/h2-3,9-10H,1H3. The Balaban J connectivity index is 2.99. The van der Waals surface area contributed by atoms with Crippen LogP contribution in [0.15, 0.2) is 16.7 Å². The predicted molar refractivity (Wildman–Crippen MR) is 39.9 cm³/mol. The minimum atomic E-state index is -1.72. The third-order valence-electron chi connectivity index (χ3n) is 1.34. The Kier molecular flexibility index (Phi) is 2.52. The molecule has 64 valence electrons. The van der Waals surface area contributed by atoms with Crippen molar-refractivity contribution >= 4 is 18.6 Å². The average Bonchev–Trinajstić information content (AvgIpc) is 2.50. The lowest BCUT2D eigenvalue weighted by molar-refractivity contribution is 0.0566.